The van der Waals surface area contributed by atoms with Crippen LogP contribution in [0.4, 0.5) is 0 Å². The number of carbonyl (C=O) groups is 7. The van der Waals surface area contributed by atoms with E-state index in [-0.39, 0.29) is 150 Å². The molecule has 0 fully saturated rings. The summed E-state index contributed by atoms with van der Waals surface area (Å²) >= 11 is 0. The third-order valence-corrected chi connectivity index (χ3v) is 12.7. The zero-order valence-electron chi connectivity index (χ0n) is 52.0. The van der Waals surface area contributed by atoms with Crippen molar-refractivity contribution in [1.29, 1.82) is 0 Å². The van der Waals surface area contributed by atoms with Crippen LogP contribution in [0.2, 0.25) is 0 Å². The number of likely N-dealkylation sites (N-methyl/N-ethyl adjacent to an activating group) is 5. The van der Waals surface area contributed by atoms with Gasteiger partial charge in [-0.25, -0.2) is 0 Å². The van der Waals surface area contributed by atoms with Gasteiger partial charge in [0.2, 0.25) is 35.4 Å². The van der Waals surface area contributed by atoms with Gasteiger partial charge in [0.1, 0.15) is 42.4 Å². The molecule has 0 aromatic heterocycles. The average molecular weight is 1280 g/mol. The first-order valence-corrected chi connectivity index (χ1v) is 29.0. The topological polar surface area (TPSA) is 446 Å². The number of aliphatic hydroxyl groups is 10. The van der Waals surface area contributed by atoms with Crippen molar-refractivity contribution in [2.24, 2.45) is 0 Å². The summed E-state index contributed by atoms with van der Waals surface area (Å²) in [5.41, 5.74) is 0. The van der Waals surface area contributed by atoms with Crippen LogP contribution in [-0.4, -0.2) is 410 Å². The molecule has 0 unspecified atom stereocenters. The first-order chi connectivity index (χ1) is 41.9. The summed E-state index contributed by atoms with van der Waals surface area (Å²) in [5, 5.41) is 101. The highest BCUT2D eigenvalue weighted by Gasteiger charge is 2.34. The van der Waals surface area contributed by atoms with Crippen molar-refractivity contribution in [3.63, 3.8) is 0 Å². The van der Waals surface area contributed by atoms with Crippen LogP contribution < -0.4 is 5.32 Å². The number of carbonyl (C=O) groups excluding carboxylic acids is 7. The van der Waals surface area contributed by atoms with Gasteiger partial charge in [-0.2, -0.15) is 0 Å². The molecule has 0 spiro atoms. The van der Waals surface area contributed by atoms with E-state index in [4.69, 9.17) is 57.6 Å². The van der Waals surface area contributed by atoms with Gasteiger partial charge in [0.25, 0.3) is 0 Å². The Morgan fingerprint density at radius 1 is 0.341 bits per heavy atom. The maximum absolute atomic E-state index is 12.9. The fourth-order valence-electron chi connectivity index (χ4n) is 7.12. The molecule has 0 aliphatic rings. The highest BCUT2D eigenvalue weighted by molar-refractivity contribution is 5.91. The van der Waals surface area contributed by atoms with Crippen molar-refractivity contribution in [3.8, 4) is 0 Å². The number of nitrogens with zero attached hydrogens (tertiary/aromatic N) is 6. The van der Waals surface area contributed by atoms with E-state index in [0.29, 0.717) is 52.7 Å². The maximum atomic E-state index is 12.9. The van der Waals surface area contributed by atoms with Gasteiger partial charge in [0, 0.05) is 67.8 Å². The zero-order valence-corrected chi connectivity index (χ0v) is 52.0. The maximum Gasteiger partial charge on any atom is 0.242 e. The summed E-state index contributed by atoms with van der Waals surface area (Å²) in [6.07, 6.45) is -14.2. The molecular weight excluding hydrogens is 1180 g/mol. The SMILES string of the molecule is CC(=O)CCOCCOCCOCCOCCNC(=O)CN(C)C(=O)CN(C)C(=O)CN(C)C(=O)CN(C)C(=O)CN(C)C(=O)CCOCCOCCOCCOCCOCCOCCN(C[C@H](O)[C@@H](O)[C@H](O)[C@H](O)CO)C[C@H](O)[C@@H](O)[C@H](O)[C@H](O)CO. The Morgan fingerprint density at radius 2 is 0.602 bits per heavy atom. The standard InChI is InChI=1S/C54H103N7O27/c1-40(64)7-11-79-15-19-83-23-25-85-21-17-81-13-9-55-45(69)33-56(2)47(71)35-58(4)49(73)37-60(6)50(74)36-59(5)48(72)34-57(3)46(70)8-12-80-16-20-84-24-27-87-29-30-88-28-26-86-22-18-82-14-10-61(31-41(65)51(75)53(77)43(67)38-62)32-42(66)52(76)54(78)44(68)39-63/h41-44,51-54,62-63,65-68,75-78H,7-39H2,1-6H3,(H,55,69)/t41-,42-,43+,44+,51+,52+,53+,54+/m0/s1. The third-order valence-electron chi connectivity index (χ3n) is 12.7. The van der Waals surface area contributed by atoms with Gasteiger partial charge >= 0.3 is 0 Å². The molecular formula is C54H103N7O27. The third kappa shape index (κ3) is 41.9. The Morgan fingerprint density at radius 3 is 0.920 bits per heavy atom. The van der Waals surface area contributed by atoms with E-state index in [2.05, 4.69) is 5.32 Å². The normalized spacial score (nSPS) is 14.3. The molecule has 0 heterocycles. The molecule has 0 aliphatic carbocycles. The minimum atomic E-state index is -1.91. The van der Waals surface area contributed by atoms with E-state index < -0.39 is 105 Å². The van der Waals surface area contributed by atoms with E-state index >= 15 is 0 Å². The lowest BCUT2D eigenvalue weighted by Crippen LogP contribution is -2.53. The molecule has 0 bridgehead atoms. The minimum Gasteiger partial charge on any atom is -0.394 e. The lowest BCUT2D eigenvalue weighted by atomic mass is 10.0. The van der Waals surface area contributed by atoms with Crippen molar-refractivity contribution < 1.29 is 132 Å². The van der Waals surface area contributed by atoms with E-state index in [9.17, 15) is 74.4 Å². The second-order valence-corrected chi connectivity index (χ2v) is 20.3. The molecule has 6 amide bonds. The van der Waals surface area contributed by atoms with Crippen LogP contribution >= 0.6 is 0 Å². The zero-order chi connectivity index (χ0) is 66.2. The van der Waals surface area contributed by atoms with E-state index in [1.54, 1.807) is 0 Å². The number of hydrogen-bond acceptors (Lipinski definition) is 28. The fourth-order valence-corrected chi connectivity index (χ4v) is 7.12. The van der Waals surface area contributed by atoms with Crippen LogP contribution in [0.15, 0.2) is 0 Å². The fraction of sp³-hybridized carbons (Fsp3) is 0.870. The Kier molecular flexibility index (Phi) is 49.7. The molecule has 0 saturated carbocycles. The summed E-state index contributed by atoms with van der Waals surface area (Å²) < 4.78 is 54.3. The lowest BCUT2D eigenvalue weighted by Gasteiger charge is -2.33. The quantitative estimate of drug-likeness (QED) is 0.0252. The summed E-state index contributed by atoms with van der Waals surface area (Å²) in [6.45, 7) is 2.53. The predicted molar refractivity (Wildman–Crippen MR) is 308 cm³/mol. The molecule has 8 atom stereocenters. The van der Waals surface area contributed by atoms with E-state index in [0.717, 1.165) is 19.6 Å². The number of ketones is 1. The Labute approximate surface area is 514 Å². The Balaban J connectivity index is 4.17. The minimum absolute atomic E-state index is 0.00220. The lowest BCUT2D eigenvalue weighted by molar-refractivity contribution is -0.145. The van der Waals surface area contributed by atoms with Gasteiger partial charge in [-0.1, -0.05) is 0 Å². The molecule has 0 rings (SSSR count). The molecule has 0 saturated heterocycles. The summed E-state index contributed by atoms with van der Waals surface area (Å²) in [5.74, 6) is -2.90. The van der Waals surface area contributed by atoms with Gasteiger partial charge in [-0.05, 0) is 6.92 Å². The summed E-state index contributed by atoms with van der Waals surface area (Å²) in [4.78, 5) is 94.3. The van der Waals surface area contributed by atoms with Crippen molar-refractivity contribution in [2.75, 3.05) is 239 Å². The Bertz CT molecular complexity index is 1840. The number of aliphatic hydroxyl groups excluding tert-OH is 10. The Hall–Kier alpha value is -4.35. The summed E-state index contributed by atoms with van der Waals surface area (Å²) in [6, 6.07) is 0. The van der Waals surface area contributed by atoms with Crippen molar-refractivity contribution >= 4 is 41.2 Å². The average Bonchev–Trinajstić information content (AvgIpc) is 3.65. The monoisotopic (exact) mass is 1280 g/mol. The van der Waals surface area contributed by atoms with Crippen LogP contribution in [0, 0.1) is 0 Å². The number of nitrogens with one attached hydrogen (secondary N) is 1. The van der Waals surface area contributed by atoms with Crippen LogP contribution in [-0.2, 0) is 80.9 Å². The molecule has 34 heteroatoms. The highest BCUT2D eigenvalue weighted by atomic mass is 16.6. The van der Waals surface area contributed by atoms with E-state index in [1.807, 2.05) is 0 Å². The molecule has 0 aliphatic heterocycles. The summed E-state index contributed by atoms with van der Waals surface area (Å²) in [7, 11) is 6.99. The van der Waals surface area contributed by atoms with Gasteiger partial charge in [0.05, 0.1) is 197 Å². The molecule has 0 radical (unpaired) electrons. The number of hydrogen-bond donors (Lipinski definition) is 11. The van der Waals surface area contributed by atoms with Crippen LogP contribution in [0.25, 0.3) is 0 Å². The molecule has 0 aromatic rings. The van der Waals surface area contributed by atoms with Crippen molar-refractivity contribution in [2.45, 2.75) is 68.6 Å². The number of rotatable bonds is 58. The molecule has 11 N–H and O–H groups in total. The molecule has 88 heavy (non-hydrogen) atoms. The molecule has 0 aromatic carbocycles. The molecule has 516 valence electrons. The van der Waals surface area contributed by atoms with Crippen molar-refractivity contribution in [1.82, 2.24) is 34.7 Å². The van der Waals surface area contributed by atoms with Gasteiger partial charge in [0.15, 0.2) is 0 Å². The number of ether oxygens (including phenoxy) is 10. The second kappa shape index (κ2) is 52.3. The molecule has 34 nitrogen and oxygen atoms in total. The van der Waals surface area contributed by atoms with Crippen LogP contribution in [0.3, 0.4) is 0 Å². The van der Waals surface area contributed by atoms with E-state index in [1.165, 1.54) is 52.0 Å². The number of Topliss-reactive ketones (excluding diaryl/α,β-unsaturated/α-hetero) is 1. The van der Waals surface area contributed by atoms with Gasteiger partial charge in [-0.15, -0.1) is 0 Å². The largest absolute Gasteiger partial charge is 0.394 e. The predicted octanol–water partition coefficient (Wildman–Crippen LogP) is -8.90. The van der Waals surface area contributed by atoms with Crippen LogP contribution in [0.5, 0.6) is 0 Å². The van der Waals surface area contributed by atoms with Gasteiger partial charge < -0.3 is 128 Å². The first kappa shape index (κ1) is 83.7. The number of amides is 6. The van der Waals surface area contributed by atoms with Crippen molar-refractivity contribution in [3.05, 3.63) is 0 Å². The smallest absolute Gasteiger partial charge is 0.242 e. The van der Waals surface area contributed by atoms with Crippen LogP contribution in [0.1, 0.15) is 19.8 Å². The highest BCUT2D eigenvalue weighted by Crippen LogP contribution is 2.11. The van der Waals surface area contributed by atoms with Gasteiger partial charge in [-0.3, -0.25) is 38.5 Å². The second-order valence-electron chi connectivity index (χ2n) is 20.3. The first-order valence-electron chi connectivity index (χ1n) is 29.0.